The highest BCUT2D eigenvalue weighted by Crippen LogP contribution is 2.18. The first kappa shape index (κ1) is 18.4. The molecule has 0 aliphatic carbocycles. The molecule has 2 aliphatic heterocycles. The number of fused-ring (bicyclic) bond motifs is 2. The van der Waals surface area contributed by atoms with Crippen molar-refractivity contribution < 1.29 is 0 Å². The van der Waals surface area contributed by atoms with Gasteiger partial charge < -0.3 is 10.2 Å². The topological polar surface area (TPSA) is 64.7 Å². The lowest BCUT2D eigenvalue weighted by atomic mass is 10.1. The van der Waals surface area contributed by atoms with Crippen LogP contribution in [0.15, 0.2) is 62.4 Å². The molecule has 0 saturated heterocycles. The molecule has 0 aromatic heterocycles. The van der Waals surface area contributed by atoms with Crippen LogP contribution in [0.5, 0.6) is 0 Å². The molecule has 26 heavy (non-hydrogen) atoms. The molecule has 0 spiro atoms. The molecule has 0 saturated carbocycles. The zero-order valence-electron chi connectivity index (χ0n) is 14.8. The Bertz CT molecular complexity index is 929. The highest BCUT2D eigenvalue weighted by atomic mass is 79.9. The fraction of sp³-hybridized carbons (Fsp3) is 0.263. The van der Waals surface area contributed by atoms with E-state index in [9.17, 15) is 0 Å². The molecule has 7 heteroatoms. The van der Waals surface area contributed by atoms with Gasteiger partial charge in [0.2, 0.25) is 0 Å². The van der Waals surface area contributed by atoms with Crippen molar-refractivity contribution in [2.24, 2.45) is 20.0 Å². The fourth-order valence-corrected chi connectivity index (χ4v) is 2.88. The summed E-state index contributed by atoms with van der Waals surface area (Å²) in [5.41, 5.74) is 1.02. The van der Waals surface area contributed by atoms with Crippen LogP contribution < -0.4 is 5.32 Å². The summed E-state index contributed by atoms with van der Waals surface area (Å²) in [7, 11) is 4.07. The van der Waals surface area contributed by atoms with E-state index >= 15 is 0 Å². The van der Waals surface area contributed by atoms with Crippen molar-refractivity contribution in [2.75, 3.05) is 27.2 Å². The lowest BCUT2D eigenvalue weighted by molar-refractivity contribution is 0.420. The fourth-order valence-electron chi connectivity index (χ4n) is 2.88. The standard InChI is InChI=1S/C19H20N6.BrH/c1-25(2)10-9-20-18-16-19(22-12-21-16)24-17(23-18)15-8-7-13-5-3-4-6-14(13)11-15;/h3-8,11-12,16H,9-10H2,1-2H3,(H,20,21,22,23,24);1H. The Morgan fingerprint density at radius 2 is 1.92 bits per heavy atom. The van der Waals surface area contributed by atoms with Crippen molar-refractivity contribution in [1.29, 1.82) is 0 Å². The summed E-state index contributed by atoms with van der Waals surface area (Å²) in [4.78, 5) is 20.2. The van der Waals surface area contributed by atoms with Gasteiger partial charge in [0, 0.05) is 12.1 Å². The predicted octanol–water partition coefficient (Wildman–Crippen LogP) is 2.54. The zero-order chi connectivity index (χ0) is 17.2. The monoisotopic (exact) mass is 412 g/mol. The van der Waals surface area contributed by atoms with Crippen molar-refractivity contribution in [3.8, 4) is 0 Å². The molecule has 6 nitrogen and oxygen atoms in total. The Hall–Kier alpha value is -2.38. The third-order valence-corrected chi connectivity index (χ3v) is 4.23. The number of likely N-dealkylation sites (N-methyl/N-ethyl adjacent to an activating group) is 1. The minimum absolute atomic E-state index is 0. The molecule has 1 unspecified atom stereocenters. The van der Waals surface area contributed by atoms with Gasteiger partial charge in [-0.05, 0) is 30.9 Å². The molecule has 4 rings (SSSR count). The highest BCUT2D eigenvalue weighted by molar-refractivity contribution is 8.93. The van der Waals surface area contributed by atoms with E-state index in [-0.39, 0.29) is 23.0 Å². The maximum atomic E-state index is 4.74. The minimum atomic E-state index is -0.202. The molecule has 134 valence electrons. The summed E-state index contributed by atoms with van der Waals surface area (Å²) < 4.78 is 0. The van der Waals surface area contributed by atoms with Crippen molar-refractivity contribution in [3.63, 3.8) is 0 Å². The second-order valence-electron chi connectivity index (χ2n) is 6.37. The summed E-state index contributed by atoms with van der Waals surface area (Å²) >= 11 is 0. The number of amidine groups is 3. The lowest BCUT2D eigenvalue weighted by Crippen LogP contribution is -2.45. The van der Waals surface area contributed by atoms with E-state index in [0.29, 0.717) is 6.54 Å². The quantitative estimate of drug-likeness (QED) is 0.838. The smallest absolute Gasteiger partial charge is 0.168 e. The Morgan fingerprint density at radius 3 is 2.73 bits per heavy atom. The van der Waals surface area contributed by atoms with Crippen LogP contribution in [0.2, 0.25) is 0 Å². The van der Waals surface area contributed by atoms with Gasteiger partial charge in [-0.1, -0.05) is 36.4 Å². The number of rotatable bonds is 4. The molecule has 2 aromatic carbocycles. The number of halogens is 1. The van der Waals surface area contributed by atoms with Gasteiger partial charge in [0.15, 0.2) is 11.9 Å². The molecule has 0 amide bonds. The van der Waals surface area contributed by atoms with Gasteiger partial charge in [-0.3, -0.25) is 9.98 Å². The first-order chi connectivity index (χ1) is 12.2. The number of hydrogen-bond acceptors (Lipinski definition) is 5. The van der Waals surface area contributed by atoms with Crippen LogP contribution >= 0.6 is 17.0 Å². The molecule has 2 heterocycles. The summed E-state index contributed by atoms with van der Waals surface area (Å²) in [5, 5.41) is 5.70. The second-order valence-corrected chi connectivity index (χ2v) is 6.37. The number of nitrogens with zero attached hydrogens (tertiary/aromatic N) is 5. The third kappa shape index (κ3) is 3.73. The average Bonchev–Trinajstić information content (AvgIpc) is 3.09. The molecule has 2 aliphatic rings. The first-order valence-electron chi connectivity index (χ1n) is 8.34. The predicted molar refractivity (Wildman–Crippen MR) is 115 cm³/mol. The third-order valence-electron chi connectivity index (χ3n) is 4.23. The SMILES string of the molecule is Br.CN(C)CCN=C1N=C(c2ccc3ccccc3c2)NC2=NC=NC12. The normalized spacial score (nSPS) is 19.8. The molecule has 0 fully saturated rings. The van der Waals surface area contributed by atoms with E-state index in [1.807, 2.05) is 26.2 Å². The Labute approximate surface area is 163 Å². The molecule has 0 bridgehead atoms. The molecular weight excluding hydrogens is 392 g/mol. The highest BCUT2D eigenvalue weighted by Gasteiger charge is 2.30. The Morgan fingerprint density at radius 1 is 1.12 bits per heavy atom. The van der Waals surface area contributed by atoms with Crippen LogP contribution in [0.3, 0.4) is 0 Å². The largest absolute Gasteiger partial charge is 0.326 e. The van der Waals surface area contributed by atoms with Gasteiger partial charge >= 0.3 is 0 Å². The van der Waals surface area contributed by atoms with E-state index in [1.54, 1.807) is 6.34 Å². The second kappa shape index (κ2) is 7.88. The number of aliphatic imine (C=N–C) groups is 4. The van der Waals surface area contributed by atoms with Crippen molar-refractivity contribution >= 4 is 51.6 Å². The van der Waals surface area contributed by atoms with Crippen LogP contribution in [0.1, 0.15) is 5.56 Å². The van der Waals surface area contributed by atoms with E-state index < -0.39 is 0 Å². The van der Waals surface area contributed by atoms with Gasteiger partial charge in [-0.15, -0.1) is 17.0 Å². The van der Waals surface area contributed by atoms with Crippen LogP contribution in [0, 0.1) is 0 Å². The maximum absolute atomic E-state index is 4.74. The van der Waals surface area contributed by atoms with Crippen molar-refractivity contribution in [2.45, 2.75) is 6.04 Å². The van der Waals surface area contributed by atoms with Gasteiger partial charge in [-0.25, -0.2) is 9.98 Å². The average molecular weight is 413 g/mol. The Kier molecular flexibility index (Phi) is 5.58. The van der Waals surface area contributed by atoms with Crippen LogP contribution in [0.25, 0.3) is 10.8 Å². The van der Waals surface area contributed by atoms with Crippen LogP contribution in [-0.4, -0.2) is 62.0 Å². The van der Waals surface area contributed by atoms with Gasteiger partial charge in [0.1, 0.15) is 18.0 Å². The molecule has 0 radical (unpaired) electrons. The molecular formula is C19H21BrN6. The Balaban J connectivity index is 0.00000196. The van der Waals surface area contributed by atoms with Crippen molar-refractivity contribution in [1.82, 2.24) is 10.2 Å². The van der Waals surface area contributed by atoms with E-state index in [2.05, 4.69) is 55.5 Å². The van der Waals surface area contributed by atoms with Gasteiger partial charge in [0.05, 0.1) is 6.54 Å². The summed E-state index contributed by atoms with van der Waals surface area (Å²) in [6.45, 7) is 1.57. The van der Waals surface area contributed by atoms with Crippen molar-refractivity contribution in [3.05, 3.63) is 48.0 Å². The molecule has 1 atom stereocenters. The minimum Gasteiger partial charge on any atom is -0.326 e. The maximum Gasteiger partial charge on any atom is 0.168 e. The number of hydrogen-bond donors (Lipinski definition) is 1. The van der Waals surface area contributed by atoms with Crippen LogP contribution in [-0.2, 0) is 0 Å². The molecule has 1 N–H and O–H groups in total. The number of nitrogens with one attached hydrogen (secondary N) is 1. The van der Waals surface area contributed by atoms with Gasteiger partial charge in [0.25, 0.3) is 0 Å². The van der Waals surface area contributed by atoms with E-state index in [0.717, 1.165) is 29.6 Å². The molecule has 2 aromatic rings. The van der Waals surface area contributed by atoms with Gasteiger partial charge in [-0.2, -0.15) is 0 Å². The summed E-state index contributed by atoms with van der Waals surface area (Å²) in [6.07, 6.45) is 1.58. The summed E-state index contributed by atoms with van der Waals surface area (Å²) in [5.74, 6) is 2.29. The van der Waals surface area contributed by atoms with E-state index in [4.69, 9.17) is 4.99 Å². The lowest BCUT2D eigenvalue weighted by Gasteiger charge is -2.21. The summed E-state index contributed by atoms with van der Waals surface area (Å²) in [6, 6.07) is 14.4. The zero-order valence-corrected chi connectivity index (χ0v) is 16.5. The number of benzene rings is 2. The van der Waals surface area contributed by atoms with E-state index in [1.165, 1.54) is 10.8 Å². The van der Waals surface area contributed by atoms with Crippen LogP contribution in [0.4, 0.5) is 0 Å². The first-order valence-corrected chi connectivity index (χ1v) is 8.34.